The van der Waals surface area contributed by atoms with Crippen LogP contribution in [-0.2, 0) is 0 Å². The number of aromatic nitrogens is 4. The molecular formula is C15H14N4OS. The van der Waals surface area contributed by atoms with Gasteiger partial charge in [0.15, 0.2) is 0 Å². The van der Waals surface area contributed by atoms with Crippen LogP contribution < -0.4 is 0 Å². The second kappa shape index (κ2) is 6.07. The number of hydrogen-bond acceptors (Lipinski definition) is 5. The molecule has 3 rings (SSSR count). The van der Waals surface area contributed by atoms with E-state index in [1.54, 1.807) is 11.6 Å². The molecule has 0 aliphatic heterocycles. The Morgan fingerprint density at radius 2 is 1.76 bits per heavy atom. The molecule has 1 N–H and O–H groups in total. The predicted molar refractivity (Wildman–Crippen MR) is 80.4 cm³/mol. The molecule has 0 spiro atoms. The molecule has 21 heavy (non-hydrogen) atoms. The first kappa shape index (κ1) is 13.8. The standard InChI is InChI=1S/C15H14N4OS/c1-11(20)13-9-5-6-10-14(13)21-15-16-17-18-19(15)12-7-3-2-4-8-12/h2-11,20H,1H3. The summed E-state index contributed by atoms with van der Waals surface area (Å²) in [7, 11) is 0. The monoisotopic (exact) mass is 298 g/mol. The van der Waals surface area contributed by atoms with Crippen LogP contribution in [0.2, 0.25) is 0 Å². The first-order valence-corrected chi connectivity index (χ1v) is 7.36. The van der Waals surface area contributed by atoms with Gasteiger partial charge in [0.2, 0.25) is 5.16 Å². The van der Waals surface area contributed by atoms with Crippen molar-refractivity contribution >= 4 is 11.8 Å². The van der Waals surface area contributed by atoms with E-state index in [-0.39, 0.29) is 0 Å². The van der Waals surface area contributed by atoms with Gasteiger partial charge in [-0.1, -0.05) is 36.4 Å². The van der Waals surface area contributed by atoms with E-state index in [9.17, 15) is 5.11 Å². The molecule has 2 aromatic carbocycles. The number of tetrazole rings is 1. The Hall–Kier alpha value is -2.18. The largest absolute Gasteiger partial charge is 0.389 e. The topological polar surface area (TPSA) is 63.8 Å². The summed E-state index contributed by atoms with van der Waals surface area (Å²) in [6, 6.07) is 17.4. The maximum Gasteiger partial charge on any atom is 0.218 e. The summed E-state index contributed by atoms with van der Waals surface area (Å²) in [5, 5.41) is 22.4. The van der Waals surface area contributed by atoms with Crippen LogP contribution in [0.4, 0.5) is 0 Å². The molecule has 1 atom stereocenters. The molecule has 5 nitrogen and oxygen atoms in total. The Bertz CT molecular complexity index is 727. The van der Waals surface area contributed by atoms with E-state index < -0.39 is 6.10 Å². The zero-order chi connectivity index (χ0) is 14.7. The van der Waals surface area contributed by atoms with Crippen molar-refractivity contribution in [2.24, 2.45) is 0 Å². The number of aliphatic hydroxyl groups is 1. The maximum absolute atomic E-state index is 9.85. The van der Waals surface area contributed by atoms with Crippen molar-refractivity contribution < 1.29 is 5.11 Å². The summed E-state index contributed by atoms with van der Waals surface area (Å²) in [5.41, 5.74) is 1.77. The van der Waals surface area contributed by atoms with E-state index in [4.69, 9.17) is 0 Å². The molecule has 6 heteroatoms. The summed E-state index contributed by atoms with van der Waals surface area (Å²) in [5.74, 6) is 0. The van der Waals surface area contributed by atoms with Crippen LogP contribution in [-0.4, -0.2) is 25.3 Å². The zero-order valence-corrected chi connectivity index (χ0v) is 12.2. The number of benzene rings is 2. The van der Waals surface area contributed by atoms with Crippen LogP contribution in [0.25, 0.3) is 5.69 Å². The van der Waals surface area contributed by atoms with Gasteiger partial charge in [-0.3, -0.25) is 0 Å². The smallest absolute Gasteiger partial charge is 0.218 e. The third-order valence-corrected chi connectivity index (χ3v) is 4.04. The fraction of sp³-hybridized carbons (Fsp3) is 0.133. The van der Waals surface area contributed by atoms with Gasteiger partial charge in [-0.25, -0.2) is 0 Å². The molecule has 3 aromatic rings. The van der Waals surface area contributed by atoms with Gasteiger partial charge in [-0.05, 0) is 52.9 Å². The molecule has 0 aliphatic carbocycles. The minimum absolute atomic E-state index is 0.533. The minimum Gasteiger partial charge on any atom is -0.389 e. The number of para-hydroxylation sites is 1. The number of nitrogens with zero attached hydrogens (tertiary/aromatic N) is 4. The summed E-state index contributed by atoms with van der Waals surface area (Å²) >= 11 is 1.44. The Kier molecular flexibility index (Phi) is 3.98. The first-order valence-electron chi connectivity index (χ1n) is 6.54. The summed E-state index contributed by atoms with van der Waals surface area (Å²) in [6.45, 7) is 1.75. The van der Waals surface area contributed by atoms with Gasteiger partial charge in [-0.15, -0.1) is 5.10 Å². The van der Waals surface area contributed by atoms with Gasteiger partial charge in [0.05, 0.1) is 11.8 Å². The highest BCUT2D eigenvalue weighted by Crippen LogP contribution is 2.32. The predicted octanol–water partition coefficient (Wildman–Crippen LogP) is 2.87. The number of rotatable bonds is 4. The average molecular weight is 298 g/mol. The highest BCUT2D eigenvalue weighted by Gasteiger charge is 2.14. The number of hydrogen-bond donors (Lipinski definition) is 1. The van der Waals surface area contributed by atoms with E-state index >= 15 is 0 Å². The molecule has 0 bridgehead atoms. The van der Waals surface area contributed by atoms with Gasteiger partial charge < -0.3 is 5.11 Å². The molecule has 0 amide bonds. The van der Waals surface area contributed by atoms with Crippen LogP contribution >= 0.6 is 11.8 Å². The molecule has 1 unspecified atom stereocenters. The first-order chi connectivity index (χ1) is 10.3. The van der Waals surface area contributed by atoms with Crippen molar-refractivity contribution in [3.05, 3.63) is 60.2 Å². The van der Waals surface area contributed by atoms with Crippen molar-refractivity contribution in [3.8, 4) is 5.69 Å². The lowest BCUT2D eigenvalue weighted by atomic mass is 10.1. The number of aliphatic hydroxyl groups excluding tert-OH is 1. The van der Waals surface area contributed by atoms with E-state index in [0.717, 1.165) is 16.1 Å². The van der Waals surface area contributed by atoms with Gasteiger partial charge in [0.1, 0.15) is 0 Å². The highest BCUT2D eigenvalue weighted by molar-refractivity contribution is 7.99. The van der Waals surface area contributed by atoms with Crippen LogP contribution in [0.1, 0.15) is 18.6 Å². The van der Waals surface area contributed by atoms with Gasteiger partial charge in [0, 0.05) is 4.90 Å². The van der Waals surface area contributed by atoms with Crippen LogP contribution in [0, 0.1) is 0 Å². The third kappa shape index (κ3) is 2.96. The SMILES string of the molecule is CC(O)c1ccccc1Sc1nnnn1-c1ccccc1. The summed E-state index contributed by atoms with van der Waals surface area (Å²) in [6.07, 6.45) is -0.533. The fourth-order valence-corrected chi connectivity index (χ4v) is 3.00. The van der Waals surface area contributed by atoms with E-state index in [1.165, 1.54) is 11.8 Å². The van der Waals surface area contributed by atoms with E-state index in [1.807, 2.05) is 54.6 Å². The molecule has 0 saturated carbocycles. The fourth-order valence-electron chi connectivity index (χ4n) is 1.99. The van der Waals surface area contributed by atoms with E-state index in [0.29, 0.717) is 5.16 Å². The molecule has 106 valence electrons. The molecule has 0 fully saturated rings. The Labute approximate surface area is 126 Å². The van der Waals surface area contributed by atoms with Crippen LogP contribution in [0.5, 0.6) is 0 Å². The van der Waals surface area contributed by atoms with Crippen molar-refractivity contribution in [1.82, 2.24) is 20.2 Å². The lowest BCUT2D eigenvalue weighted by Gasteiger charge is -2.10. The highest BCUT2D eigenvalue weighted by atomic mass is 32.2. The summed E-state index contributed by atoms with van der Waals surface area (Å²) in [4.78, 5) is 0.944. The molecule has 1 heterocycles. The zero-order valence-electron chi connectivity index (χ0n) is 11.4. The summed E-state index contributed by atoms with van der Waals surface area (Å²) < 4.78 is 1.68. The average Bonchev–Trinajstić information content (AvgIpc) is 2.96. The normalized spacial score (nSPS) is 12.3. The second-order valence-corrected chi connectivity index (χ2v) is 5.53. The quantitative estimate of drug-likeness (QED) is 0.802. The lowest BCUT2D eigenvalue weighted by Crippen LogP contribution is -1.99. The minimum atomic E-state index is -0.533. The lowest BCUT2D eigenvalue weighted by molar-refractivity contribution is 0.196. The third-order valence-electron chi connectivity index (χ3n) is 3.01. The van der Waals surface area contributed by atoms with Crippen molar-refractivity contribution in [1.29, 1.82) is 0 Å². The van der Waals surface area contributed by atoms with Crippen molar-refractivity contribution in [2.75, 3.05) is 0 Å². The van der Waals surface area contributed by atoms with Crippen LogP contribution in [0.3, 0.4) is 0 Å². The molecule has 0 saturated heterocycles. The van der Waals surface area contributed by atoms with Crippen molar-refractivity contribution in [3.63, 3.8) is 0 Å². The Morgan fingerprint density at radius 3 is 2.52 bits per heavy atom. The Morgan fingerprint density at radius 1 is 1.05 bits per heavy atom. The van der Waals surface area contributed by atoms with Gasteiger partial charge >= 0.3 is 0 Å². The molecule has 0 radical (unpaired) electrons. The van der Waals surface area contributed by atoms with Crippen LogP contribution in [0.15, 0.2) is 64.6 Å². The molecular weight excluding hydrogens is 284 g/mol. The molecule has 0 aliphatic rings. The maximum atomic E-state index is 9.85. The second-order valence-electron chi connectivity index (χ2n) is 4.52. The van der Waals surface area contributed by atoms with E-state index in [2.05, 4.69) is 15.5 Å². The van der Waals surface area contributed by atoms with Crippen molar-refractivity contribution in [2.45, 2.75) is 23.1 Å². The van der Waals surface area contributed by atoms with Gasteiger partial charge in [-0.2, -0.15) is 4.68 Å². The molecule has 1 aromatic heterocycles. The Balaban J connectivity index is 1.96. The van der Waals surface area contributed by atoms with Gasteiger partial charge in [0.25, 0.3) is 0 Å².